The van der Waals surface area contributed by atoms with Gasteiger partial charge in [0, 0.05) is 28.5 Å². The number of nitrogens with one attached hydrogen (secondary N) is 1. The zero-order valence-corrected chi connectivity index (χ0v) is 18.9. The van der Waals surface area contributed by atoms with Crippen molar-refractivity contribution >= 4 is 22.9 Å². The fourth-order valence-corrected chi connectivity index (χ4v) is 5.02. The van der Waals surface area contributed by atoms with Crippen LogP contribution in [0.4, 0.5) is 8.78 Å². The minimum absolute atomic E-state index is 0.264. The van der Waals surface area contributed by atoms with Crippen LogP contribution in [0.3, 0.4) is 0 Å². The van der Waals surface area contributed by atoms with Crippen molar-refractivity contribution in [2.45, 2.75) is 64.0 Å². The van der Waals surface area contributed by atoms with E-state index in [0.717, 1.165) is 22.4 Å². The van der Waals surface area contributed by atoms with E-state index in [1.807, 2.05) is 13.8 Å². The average Bonchev–Trinajstić information content (AvgIpc) is 3.38. The maximum Gasteiger partial charge on any atom is 0.269 e. The first-order valence-corrected chi connectivity index (χ1v) is 11.7. The Morgan fingerprint density at radius 3 is 2.91 bits per heavy atom. The Hall–Kier alpha value is -2.59. The number of aromatic nitrogens is 3. The number of halogens is 2. The largest absolute Gasteiger partial charge is 0.490 e. The van der Waals surface area contributed by atoms with Crippen molar-refractivity contribution < 1.29 is 18.3 Å². The molecule has 1 saturated carbocycles. The van der Waals surface area contributed by atoms with E-state index in [0.29, 0.717) is 42.1 Å². The van der Waals surface area contributed by atoms with E-state index in [2.05, 4.69) is 15.4 Å². The topological polar surface area (TPSA) is 94.5 Å². The quantitative estimate of drug-likeness (QED) is 0.551. The summed E-state index contributed by atoms with van der Waals surface area (Å²) in [5.41, 5.74) is 8.14. The highest BCUT2D eigenvalue weighted by molar-refractivity contribution is 7.14. The minimum Gasteiger partial charge on any atom is -0.490 e. The molecular formula is C22H27F2N5O2S. The molecule has 2 atom stereocenters. The molecule has 1 aliphatic carbocycles. The summed E-state index contributed by atoms with van der Waals surface area (Å²) in [7, 11) is 0. The van der Waals surface area contributed by atoms with Crippen molar-refractivity contribution in [1.29, 1.82) is 0 Å². The molecule has 3 aromatic rings. The summed E-state index contributed by atoms with van der Waals surface area (Å²) in [5, 5.41) is 6.87. The van der Waals surface area contributed by atoms with Gasteiger partial charge in [-0.1, -0.05) is 13.8 Å². The molecule has 0 aliphatic heterocycles. The number of fused-ring (bicyclic) bond motifs is 1. The average molecular weight is 464 g/mol. The molecule has 3 aromatic heterocycles. The van der Waals surface area contributed by atoms with E-state index in [4.69, 9.17) is 10.5 Å². The molecule has 1 fully saturated rings. The molecule has 0 aromatic carbocycles. The second-order valence-electron chi connectivity index (χ2n) is 8.03. The van der Waals surface area contributed by atoms with E-state index < -0.39 is 23.9 Å². The molecule has 0 bridgehead atoms. The Morgan fingerprint density at radius 2 is 2.19 bits per heavy atom. The molecule has 3 N–H and O–H groups in total. The lowest BCUT2D eigenvalue weighted by atomic mass is 9.87. The van der Waals surface area contributed by atoms with Crippen molar-refractivity contribution in [2.75, 3.05) is 6.61 Å². The Balaban J connectivity index is 1.62. The molecule has 2 unspecified atom stereocenters. The Bertz CT molecular complexity index is 1110. The minimum atomic E-state index is -3.01. The third-order valence-corrected chi connectivity index (χ3v) is 6.95. The van der Waals surface area contributed by atoms with Crippen LogP contribution in [0, 0.1) is 0 Å². The molecule has 32 heavy (non-hydrogen) atoms. The lowest BCUT2D eigenvalue weighted by molar-refractivity contribution is -0.0674. The normalized spacial score (nSPS) is 20.4. The number of rotatable bonds is 7. The summed E-state index contributed by atoms with van der Waals surface area (Å²) in [6.07, 6.45) is 7.24. The lowest BCUT2D eigenvalue weighted by Gasteiger charge is -2.36. The van der Waals surface area contributed by atoms with Gasteiger partial charge < -0.3 is 15.8 Å². The number of hydrogen-bond acceptors (Lipinski definition) is 6. The number of thiophene rings is 1. The van der Waals surface area contributed by atoms with Gasteiger partial charge in [-0.2, -0.15) is 5.10 Å². The lowest BCUT2D eigenvalue weighted by Crippen LogP contribution is -2.59. The van der Waals surface area contributed by atoms with Gasteiger partial charge in [0.2, 0.25) is 0 Å². The summed E-state index contributed by atoms with van der Waals surface area (Å²) in [5.74, 6) is -2.91. The number of hydrogen-bond donors (Lipinski definition) is 2. The van der Waals surface area contributed by atoms with E-state index in [1.165, 1.54) is 11.3 Å². The van der Waals surface area contributed by atoms with Crippen molar-refractivity contribution in [3.8, 4) is 16.9 Å². The van der Waals surface area contributed by atoms with Crippen LogP contribution in [0.5, 0.6) is 5.75 Å². The molecule has 4 rings (SSSR count). The Morgan fingerprint density at radius 1 is 1.38 bits per heavy atom. The molecule has 0 radical (unpaired) electrons. The third-order valence-electron chi connectivity index (χ3n) is 5.67. The first-order valence-electron chi connectivity index (χ1n) is 10.9. The van der Waals surface area contributed by atoms with Crippen molar-refractivity contribution in [2.24, 2.45) is 5.73 Å². The first kappa shape index (κ1) is 22.6. The first-order chi connectivity index (χ1) is 15.3. The summed E-state index contributed by atoms with van der Waals surface area (Å²) in [4.78, 5) is 18.7. The maximum atomic E-state index is 14.3. The molecule has 0 saturated heterocycles. The molecule has 0 spiro atoms. The third kappa shape index (κ3) is 4.33. The van der Waals surface area contributed by atoms with Crippen LogP contribution in [0.1, 0.15) is 54.1 Å². The maximum absolute atomic E-state index is 14.3. The van der Waals surface area contributed by atoms with E-state index >= 15 is 0 Å². The zero-order chi connectivity index (χ0) is 22.9. The van der Waals surface area contributed by atoms with Gasteiger partial charge in [-0.3, -0.25) is 4.79 Å². The second-order valence-corrected chi connectivity index (χ2v) is 9.17. The van der Waals surface area contributed by atoms with Crippen LogP contribution in [0.25, 0.3) is 16.8 Å². The van der Waals surface area contributed by atoms with Gasteiger partial charge in [0.25, 0.3) is 11.8 Å². The van der Waals surface area contributed by atoms with Crippen LogP contribution in [0.15, 0.2) is 24.7 Å². The second kappa shape index (κ2) is 9.11. The fourth-order valence-electron chi connectivity index (χ4n) is 4.01. The number of nitrogens with zero attached hydrogens (tertiary/aromatic N) is 3. The van der Waals surface area contributed by atoms with Gasteiger partial charge in [-0.05, 0) is 31.7 Å². The highest BCUT2D eigenvalue weighted by atomic mass is 32.1. The molecule has 1 aliphatic rings. The number of alkyl halides is 2. The number of ether oxygens (including phenoxy) is 1. The van der Waals surface area contributed by atoms with Gasteiger partial charge in [0.1, 0.15) is 6.04 Å². The predicted molar refractivity (Wildman–Crippen MR) is 119 cm³/mol. The number of carbonyl (C=O) groups excluding carboxylic acids is 1. The van der Waals surface area contributed by atoms with Crippen molar-refractivity contribution in [3.05, 3.63) is 34.4 Å². The Labute approximate surface area is 189 Å². The monoisotopic (exact) mass is 463 g/mol. The van der Waals surface area contributed by atoms with Crippen LogP contribution < -0.4 is 15.8 Å². The zero-order valence-electron chi connectivity index (χ0n) is 18.1. The standard InChI is InChI=1S/C22H27F2N5O2S/c1-3-8-31-13-10-26-20-15(11-27-29(20)12-13)14-9-18(32-17(14)4-2)21(30)28-19-16(25)6-5-7-22(19,23)24/h9-12,16,19H,3-8,25H2,1-2H3,(H,28,30). The number of nitrogens with two attached hydrogens (primary N) is 1. The van der Waals surface area contributed by atoms with Crippen molar-refractivity contribution in [1.82, 2.24) is 19.9 Å². The summed E-state index contributed by atoms with van der Waals surface area (Å²) in [6.45, 7) is 4.60. The molecule has 172 valence electrons. The smallest absolute Gasteiger partial charge is 0.269 e. The van der Waals surface area contributed by atoms with Gasteiger partial charge in [0.05, 0.1) is 30.1 Å². The number of amides is 1. The van der Waals surface area contributed by atoms with Gasteiger partial charge in [0.15, 0.2) is 11.4 Å². The van der Waals surface area contributed by atoms with Crippen LogP contribution in [-0.2, 0) is 6.42 Å². The molecule has 3 heterocycles. The summed E-state index contributed by atoms with van der Waals surface area (Å²) < 4.78 is 35.9. The van der Waals surface area contributed by atoms with Gasteiger partial charge in [-0.25, -0.2) is 18.3 Å². The molecule has 10 heteroatoms. The van der Waals surface area contributed by atoms with Gasteiger partial charge >= 0.3 is 0 Å². The summed E-state index contributed by atoms with van der Waals surface area (Å²) >= 11 is 1.29. The molecule has 1 amide bonds. The van der Waals surface area contributed by atoms with E-state index in [1.54, 1.807) is 29.2 Å². The van der Waals surface area contributed by atoms with Crippen LogP contribution in [-0.4, -0.2) is 45.1 Å². The SMILES string of the molecule is CCCOc1cnc2c(-c3cc(C(=O)NC4C(N)CCCC4(F)F)sc3CC)cnn2c1. The fraction of sp³-hybridized carbons (Fsp3) is 0.500. The van der Waals surface area contributed by atoms with Crippen molar-refractivity contribution in [3.63, 3.8) is 0 Å². The van der Waals surface area contributed by atoms with Crippen LogP contribution >= 0.6 is 11.3 Å². The molecule has 7 nitrogen and oxygen atoms in total. The highest BCUT2D eigenvalue weighted by Crippen LogP contribution is 2.36. The Kier molecular flexibility index (Phi) is 6.43. The molecular weight excluding hydrogens is 436 g/mol. The summed E-state index contributed by atoms with van der Waals surface area (Å²) in [6, 6.07) is -0.397. The number of aryl methyl sites for hydroxylation is 1. The number of carbonyl (C=O) groups is 1. The van der Waals surface area contributed by atoms with E-state index in [-0.39, 0.29) is 6.42 Å². The highest BCUT2D eigenvalue weighted by Gasteiger charge is 2.46. The van der Waals surface area contributed by atoms with Gasteiger partial charge in [-0.15, -0.1) is 11.3 Å². The van der Waals surface area contributed by atoms with E-state index in [9.17, 15) is 13.6 Å². The van der Waals surface area contributed by atoms with Crippen LogP contribution in [0.2, 0.25) is 0 Å². The predicted octanol–water partition coefficient (Wildman–Crippen LogP) is 4.05.